The van der Waals surface area contributed by atoms with Gasteiger partial charge in [-0.05, 0) is 44.9 Å². The molecule has 0 heterocycles. The van der Waals surface area contributed by atoms with Gasteiger partial charge < -0.3 is 20.1 Å². The maximum Gasteiger partial charge on any atom is 0.472 e. The van der Waals surface area contributed by atoms with Crippen molar-refractivity contribution in [3.8, 4) is 0 Å². The van der Waals surface area contributed by atoms with E-state index in [0.29, 0.717) is 12.8 Å². The van der Waals surface area contributed by atoms with Crippen LogP contribution in [0, 0.1) is 0 Å². The van der Waals surface area contributed by atoms with Gasteiger partial charge in [-0.2, -0.15) is 0 Å². The Morgan fingerprint density at radius 2 is 1.14 bits per heavy atom. The van der Waals surface area contributed by atoms with Crippen LogP contribution in [0.25, 0.3) is 0 Å². The van der Waals surface area contributed by atoms with Crippen molar-refractivity contribution in [1.82, 2.24) is 0 Å². The first-order valence-electron chi connectivity index (χ1n) is 19.8. The third kappa shape index (κ3) is 37.3. The molecule has 10 heteroatoms. The number of phosphoric acid groups is 1. The van der Waals surface area contributed by atoms with Gasteiger partial charge in [0.1, 0.15) is 6.61 Å². The number of hydrogen-bond donors (Lipinski definition) is 2. The number of allylic oxidation sites excluding steroid dienone is 10. The number of ether oxygens (including phenoxy) is 2. The highest BCUT2D eigenvalue weighted by atomic mass is 31.2. The molecule has 0 spiro atoms. The van der Waals surface area contributed by atoms with Crippen molar-refractivity contribution < 1.29 is 37.6 Å². The van der Waals surface area contributed by atoms with E-state index in [1.165, 1.54) is 64.2 Å². The highest BCUT2D eigenvalue weighted by Gasteiger charge is 2.25. The average molecular weight is 738 g/mol. The van der Waals surface area contributed by atoms with Gasteiger partial charge >= 0.3 is 19.8 Å². The molecule has 0 radical (unpaired) electrons. The highest BCUT2D eigenvalue weighted by molar-refractivity contribution is 7.47. The number of nitrogens with two attached hydrogens (primary N) is 1. The Labute approximate surface area is 310 Å². The molecule has 0 fully saturated rings. The summed E-state index contributed by atoms with van der Waals surface area (Å²) in [5.41, 5.74) is 5.33. The Hall–Kier alpha value is -2.29. The number of carbonyl (C=O) groups excluding carboxylic acids is 2. The summed E-state index contributed by atoms with van der Waals surface area (Å²) in [6.07, 6.45) is 42.6. The second-order valence-electron chi connectivity index (χ2n) is 12.9. The Balaban J connectivity index is 4.30. The van der Waals surface area contributed by atoms with E-state index in [1.54, 1.807) is 0 Å². The lowest BCUT2D eigenvalue weighted by Gasteiger charge is -2.19. The topological polar surface area (TPSA) is 134 Å². The van der Waals surface area contributed by atoms with E-state index in [0.717, 1.165) is 51.4 Å². The Bertz CT molecular complexity index is 1020. The van der Waals surface area contributed by atoms with Gasteiger partial charge in [-0.25, -0.2) is 4.57 Å². The highest BCUT2D eigenvalue weighted by Crippen LogP contribution is 2.43. The fraction of sp³-hybridized carbons (Fsp3) is 0.707. The number of rotatable bonds is 36. The van der Waals surface area contributed by atoms with Crippen LogP contribution in [0.15, 0.2) is 60.8 Å². The lowest BCUT2D eigenvalue weighted by Crippen LogP contribution is -2.29. The molecular weight excluding hydrogens is 665 g/mol. The summed E-state index contributed by atoms with van der Waals surface area (Å²) in [7, 11) is -4.39. The van der Waals surface area contributed by atoms with Crippen LogP contribution in [-0.4, -0.2) is 49.3 Å². The molecular formula is C41H72NO8P. The summed E-state index contributed by atoms with van der Waals surface area (Å²) in [5.74, 6) is -0.918. The van der Waals surface area contributed by atoms with E-state index >= 15 is 0 Å². The minimum Gasteiger partial charge on any atom is -0.462 e. The SMILES string of the molecule is CC/C=C/C=C/C=C/C=C/CCCCCCCC(=O)O[C@H](COC(=O)CC/C=C/CCCCCCCCCCCCC)COP(=O)(O)OCCN. The normalized spacial score (nSPS) is 14.0. The van der Waals surface area contributed by atoms with Gasteiger partial charge in [-0.1, -0.05) is 158 Å². The largest absolute Gasteiger partial charge is 0.472 e. The fourth-order valence-corrected chi connectivity index (χ4v) is 5.84. The standard InChI is InChI=1S/C41H72NO8P/c1-3-5-7-9-11-13-15-17-19-21-23-25-27-29-31-33-40(43)47-37-39(38-49-51(45,46)48-36-35-42)50-41(44)34-32-30-28-26-24-22-20-18-16-14-12-10-8-6-4-2/h6,8,10,12,14,16,18,20,27,29,39H,3-5,7,9,11,13,15,17,19,21-26,28,30-38,42H2,1-2H3,(H,45,46)/b8-6+,12-10+,16-14+,20-18+,29-27+/t39-/m1/s1. The molecule has 0 aliphatic carbocycles. The molecule has 2 atom stereocenters. The molecule has 9 nitrogen and oxygen atoms in total. The summed E-state index contributed by atoms with van der Waals surface area (Å²) in [4.78, 5) is 34.7. The van der Waals surface area contributed by atoms with E-state index in [2.05, 4.69) is 38.2 Å². The molecule has 51 heavy (non-hydrogen) atoms. The van der Waals surface area contributed by atoms with Crippen LogP contribution in [-0.2, 0) is 32.7 Å². The minimum absolute atomic E-state index is 0.0426. The van der Waals surface area contributed by atoms with Gasteiger partial charge in [-0.15, -0.1) is 0 Å². The zero-order valence-electron chi connectivity index (χ0n) is 32.1. The van der Waals surface area contributed by atoms with E-state index < -0.39 is 32.5 Å². The van der Waals surface area contributed by atoms with Crippen LogP contribution in [0.2, 0.25) is 0 Å². The molecule has 0 aromatic heterocycles. The number of carbonyl (C=O) groups is 2. The number of hydrogen-bond acceptors (Lipinski definition) is 8. The molecule has 1 unspecified atom stereocenters. The Kier molecular flexibility index (Phi) is 35.8. The van der Waals surface area contributed by atoms with Crippen LogP contribution in [0.4, 0.5) is 0 Å². The first kappa shape index (κ1) is 48.7. The molecule has 0 aliphatic rings. The lowest BCUT2D eigenvalue weighted by molar-refractivity contribution is -0.161. The predicted octanol–water partition coefficient (Wildman–Crippen LogP) is 10.9. The molecule has 0 saturated heterocycles. The molecule has 0 aromatic carbocycles. The van der Waals surface area contributed by atoms with Gasteiger partial charge in [-0.3, -0.25) is 18.6 Å². The third-order valence-electron chi connectivity index (χ3n) is 8.00. The Morgan fingerprint density at radius 3 is 1.75 bits per heavy atom. The zero-order valence-corrected chi connectivity index (χ0v) is 33.0. The van der Waals surface area contributed by atoms with Gasteiger partial charge in [0.05, 0.1) is 13.2 Å². The summed E-state index contributed by atoms with van der Waals surface area (Å²) < 4.78 is 32.6. The third-order valence-corrected chi connectivity index (χ3v) is 8.98. The second kappa shape index (κ2) is 37.5. The number of unbranched alkanes of at least 4 members (excludes halogenated alkanes) is 16. The van der Waals surface area contributed by atoms with E-state index in [4.69, 9.17) is 24.3 Å². The smallest absolute Gasteiger partial charge is 0.462 e. The van der Waals surface area contributed by atoms with Crippen LogP contribution in [0.3, 0.4) is 0 Å². The molecule has 0 bridgehead atoms. The van der Waals surface area contributed by atoms with Crippen LogP contribution < -0.4 is 5.73 Å². The van der Waals surface area contributed by atoms with Crippen molar-refractivity contribution in [3.63, 3.8) is 0 Å². The van der Waals surface area contributed by atoms with Gasteiger partial charge in [0.2, 0.25) is 0 Å². The number of esters is 2. The molecule has 0 aromatic rings. The van der Waals surface area contributed by atoms with Crippen molar-refractivity contribution in [2.75, 3.05) is 26.4 Å². The monoisotopic (exact) mass is 737 g/mol. The summed E-state index contributed by atoms with van der Waals surface area (Å²) in [6.45, 7) is 3.50. The molecule has 3 N–H and O–H groups in total. The summed E-state index contributed by atoms with van der Waals surface area (Å²) in [5, 5.41) is 0. The minimum atomic E-state index is -4.39. The second-order valence-corrected chi connectivity index (χ2v) is 14.3. The van der Waals surface area contributed by atoms with Gasteiger partial charge in [0.25, 0.3) is 0 Å². The zero-order chi connectivity index (χ0) is 37.5. The predicted molar refractivity (Wildman–Crippen MR) is 210 cm³/mol. The average Bonchev–Trinajstić information content (AvgIpc) is 3.11. The summed E-state index contributed by atoms with van der Waals surface area (Å²) >= 11 is 0. The maximum atomic E-state index is 12.5. The van der Waals surface area contributed by atoms with Gasteiger partial charge in [0.15, 0.2) is 6.10 Å². The van der Waals surface area contributed by atoms with Crippen LogP contribution in [0.1, 0.15) is 155 Å². The maximum absolute atomic E-state index is 12.5. The van der Waals surface area contributed by atoms with Crippen molar-refractivity contribution in [3.05, 3.63) is 60.8 Å². The first-order chi connectivity index (χ1) is 24.8. The number of phosphoric ester groups is 1. The van der Waals surface area contributed by atoms with Gasteiger partial charge in [0, 0.05) is 19.4 Å². The quantitative estimate of drug-likeness (QED) is 0.0212. The van der Waals surface area contributed by atoms with Crippen molar-refractivity contribution >= 4 is 19.8 Å². The van der Waals surface area contributed by atoms with E-state index in [1.807, 2.05) is 36.5 Å². The van der Waals surface area contributed by atoms with Crippen LogP contribution in [0.5, 0.6) is 0 Å². The molecule has 294 valence electrons. The summed E-state index contributed by atoms with van der Waals surface area (Å²) in [6, 6.07) is 0. The van der Waals surface area contributed by atoms with E-state index in [-0.39, 0.29) is 32.6 Å². The molecule has 0 amide bonds. The van der Waals surface area contributed by atoms with Crippen molar-refractivity contribution in [2.45, 2.75) is 161 Å². The molecule has 0 saturated carbocycles. The first-order valence-corrected chi connectivity index (χ1v) is 21.3. The Morgan fingerprint density at radius 1 is 0.608 bits per heavy atom. The fourth-order valence-electron chi connectivity index (χ4n) is 5.07. The van der Waals surface area contributed by atoms with E-state index in [9.17, 15) is 19.0 Å². The molecule has 0 rings (SSSR count). The molecule has 0 aliphatic heterocycles. The lowest BCUT2D eigenvalue weighted by atomic mass is 10.1. The van der Waals surface area contributed by atoms with Crippen molar-refractivity contribution in [1.29, 1.82) is 0 Å². The van der Waals surface area contributed by atoms with Crippen LogP contribution >= 0.6 is 7.82 Å². The van der Waals surface area contributed by atoms with Crippen molar-refractivity contribution in [2.24, 2.45) is 5.73 Å².